The molecule has 0 atom stereocenters. The molecule has 1 aromatic heterocycles. The molecule has 0 N–H and O–H groups in total. The second kappa shape index (κ2) is 5.53. The highest BCUT2D eigenvalue weighted by Gasteiger charge is 2.04. The topological polar surface area (TPSA) is 38.4 Å². The first-order valence-electron chi connectivity index (χ1n) is 6.44. The van der Waals surface area contributed by atoms with Crippen LogP contribution in [0.4, 0.5) is 5.88 Å². The van der Waals surface area contributed by atoms with Crippen molar-refractivity contribution >= 4 is 12.1 Å². The van der Waals surface area contributed by atoms with E-state index < -0.39 is 0 Å². The predicted octanol–water partition coefficient (Wildman–Crippen LogP) is 4.40. The van der Waals surface area contributed by atoms with Crippen LogP contribution >= 0.6 is 0 Å². The van der Waals surface area contributed by atoms with Gasteiger partial charge in [0.15, 0.2) is 0 Å². The van der Waals surface area contributed by atoms with Crippen molar-refractivity contribution in [3.8, 4) is 11.3 Å². The molecule has 0 saturated heterocycles. The number of aryl methyl sites for hydroxylation is 1. The number of hydrogen-bond donors (Lipinski definition) is 0. The van der Waals surface area contributed by atoms with Crippen LogP contribution in [0.1, 0.15) is 11.1 Å². The van der Waals surface area contributed by atoms with E-state index in [4.69, 9.17) is 4.52 Å². The van der Waals surface area contributed by atoms with Crippen LogP contribution in [0.5, 0.6) is 0 Å². The maximum Gasteiger partial charge on any atom is 0.251 e. The summed E-state index contributed by atoms with van der Waals surface area (Å²) in [6, 6.07) is 19.9. The van der Waals surface area contributed by atoms with Crippen LogP contribution in [0, 0.1) is 6.92 Å². The molecule has 0 aliphatic rings. The van der Waals surface area contributed by atoms with Crippen molar-refractivity contribution in [2.45, 2.75) is 6.92 Å². The van der Waals surface area contributed by atoms with Crippen molar-refractivity contribution in [1.29, 1.82) is 0 Å². The molecule has 98 valence electrons. The number of rotatable bonds is 3. The van der Waals surface area contributed by atoms with Crippen LogP contribution in [-0.2, 0) is 0 Å². The van der Waals surface area contributed by atoms with E-state index in [1.54, 1.807) is 6.21 Å². The van der Waals surface area contributed by atoms with Gasteiger partial charge in [-0.15, -0.1) is 0 Å². The summed E-state index contributed by atoms with van der Waals surface area (Å²) in [6.07, 6.45) is 1.77. The smallest absolute Gasteiger partial charge is 0.251 e. The molecule has 0 aliphatic carbocycles. The highest BCUT2D eigenvalue weighted by Crippen LogP contribution is 2.22. The van der Waals surface area contributed by atoms with Gasteiger partial charge in [0.05, 0.1) is 0 Å². The summed E-state index contributed by atoms with van der Waals surface area (Å²) in [5, 5.41) is 4.02. The summed E-state index contributed by atoms with van der Waals surface area (Å²) in [5.74, 6) is 0.504. The van der Waals surface area contributed by atoms with E-state index in [0.717, 1.165) is 16.8 Å². The van der Waals surface area contributed by atoms with Gasteiger partial charge in [-0.1, -0.05) is 65.3 Å². The van der Waals surface area contributed by atoms with Gasteiger partial charge in [-0.25, -0.2) is 4.99 Å². The van der Waals surface area contributed by atoms with Gasteiger partial charge in [-0.3, -0.25) is 0 Å². The number of hydrogen-bond acceptors (Lipinski definition) is 3. The summed E-state index contributed by atoms with van der Waals surface area (Å²) in [4.78, 5) is 4.30. The van der Waals surface area contributed by atoms with Crippen molar-refractivity contribution < 1.29 is 4.52 Å². The molecule has 3 heteroatoms. The Balaban J connectivity index is 1.79. The van der Waals surface area contributed by atoms with Gasteiger partial charge in [-0.2, -0.15) is 0 Å². The highest BCUT2D eigenvalue weighted by molar-refractivity contribution is 5.81. The predicted molar refractivity (Wildman–Crippen MR) is 80.4 cm³/mol. The molecule has 0 bridgehead atoms. The van der Waals surface area contributed by atoms with Gasteiger partial charge >= 0.3 is 0 Å². The van der Waals surface area contributed by atoms with E-state index in [1.807, 2.05) is 48.5 Å². The molecule has 0 aliphatic heterocycles. The second-order valence-electron chi connectivity index (χ2n) is 4.59. The molecule has 3 aromatic rings. The molecule has 1 heterocycles. The lowest BCUT2D eigenvalue weighted by Crippen LogP contribution is -1.79. The van der Waals surface area contributed by atoms with Crippen LogP contribution in [0.3, 0.4) is 0 Å². The van der Waals surface area contributed by atoms with E-state index in [-0.39, 0.29) is 0 Å². The Morgan fingerprint density at radius 2 is 1.75 bits per heavy atom. The molecule has 0 spiro atoms. The third-order valence-electron chi connectivity index (χ3n) is 2.99. The van der Waals surface area contributed by atoms with E-state index in [9.17, 15) is 0 Å². The second-order valence-corrected chi connectivity index (χ2v) is 4.59. The van der Waals surface area contributed by atoms with Crippen molar-refractivity contribution in [2.24, 2.45) is 4.99 Å². The number of nitrogens with zero attached hydrogens (tertiary/aromatic N) is 2. The maximum absolute atomic E-state index is 5.22. The van der Waals surface area contributed by atoms with Gasteiger partial charge in [0.25, 0.3) is 5.88 Å². The fourth-order valence-corrected chi connectivity index (χ4v) is 1.86. The Labute approximate surface area is 117 Å². The molecule has 2 aromatic carbocycles. The zero-order valence-electron chi connectivity index (χ0n) is 11.2. The molecule has 0 unspecified atom stereocenters. The minimum absolute atomic E-state index is 0.504. The fourth-order valence-electron chi connectivity index (χ4n) is 1.86. The SMILES string of the molecule is Cc1ccc(C=Nc2cc(-c3ccccc3)no2)cc1. The van der Waals surface area contributed by atoms with Crippen molar-refractivity contribution in [1.82, 2.24) is 5.16 Å². The molecule has 0 radical (unpaired) electrons. The number of aliphatic imine (C=N–C) groups is 1. The van der Waals surface area contributed by atoms with Crippen molar-refractivity contribution in [3.63, 3.8) is 0 Å². The van der Waals surface area contributed by atoms with E-state index in [2.05, 4.69) is 29.2 Å². The zero-order chi connectivity index (χ0) is 13.8. The van der Waals surface area contributed by atoms with Gasteiger partial charge in [0.1, 0.15) is 5.69 Å². The molecule has 3 nitrogen and oxygen atoms in total. The van der Waals surface area contributed by atoms with Crippen molar-refractivity contribution in [2.75, 3.05) is 0 Å². The zero-order valence-corrected chi connectivity index (χ0v) is 11.2. The molecule has 20 heavy (non-hydrogen) atoms. The monoisotopic (exact) mass is 262 g/mol. The van der Waals surface area contributed by atoms with Gasteiger partial charge < -0.3 is 4.52 Å². The van der Waals surface area contributed by atoms with Crippen LogP contribution in [-0.4, -0.2) is 11.4 Å². The summed E-state index contributed by atoms with van der Waals surface area (Å²) < 4.78 is 5.22. The Hall–Kier alpha value is -2.68. The van der Waals surface area contributed by atoms with Gasteiger partial charge in [0.2, 0.25) is 0 Å². The lowest BCUT2D eigenvalue weighted by atomic mass is 10.1. The summed E-state index contributed by atoms with van der Waals surface area (Å²) >= 11 is 0. The molecule has 3 rings (SSSR count). The minimum atomic E-state index is 0.504. The number of benzene rings is 2. The normalized spacial score (nSPS) is 11.1. The summed E-state index contributed by atoms with van der Waals surface area (Å²) in [5.41, 5.74) is 4.08. The highest BCUT2D eigenvalue weighted by atomic mass is 16.5. The largest absolute Gasteiger partial charge is 0.336 e. The first kappa shape index (κ1) is 12.4. The van der Waals surface area contributed by atoms with Gasteiger partial charge in [0, 0.05) is 17.8 Å². The average molecular weight is 262 g/mol. The molecule has 0 saturated carbocycles. The van der Waals surface area contributed by atoms with E-state index in [0.29, 0.717) is 5.88 Å². The average Bonchev–Trinajstić information content (AvgIpc) is 2.97. The van der Waals surface area contributed by atoms with Crippen LogP contribution in [0.2, 0.25) is 0 Å². The van der Waals surface area contributed by atoms with E-state index >= 15 is 0 Å². The molecular formula is C17H14N2O. The van der Waals surface area contributed by atoms with Crippen LogP contribution in [0.15, 0.2) is 70.2 Å². The van der Waals surface area contributed by atoms with Crippen LogP contribution < -0.4 is 0 Å². The minimum Gasteiger partial charge on any atom is -0.336 e. The van der Waals surface area contributed by atoms with E-state index in [1.165, 1.54) is 5.56 Å². The lowest BCUT2D eigenvalue weighted by molar-refractivity contribution is 0.433. The Morgan fingerprint density at radius 1 is 1.00 bits per heavy atom. The van der Waals surface area contributed by atoms with Crippen molar-refractivity contribution in [3.05, 3.63) is 71.8 Å². The molecular weight excluding hydrogens is 248 g/mol. The third-order valence-corrected chi connectivity index (χ3v) is 2.99. The maximum atomic E-state index is 5.22. The number of aromatic nitrogens is 1. The van der Waals surface area contributed by atoms with Crippen LogP contribution in [0.25, 0.3) is 11.3 Å². The Bertz CT molecular complexity index is 712. The third kappa shape index (κ3) is 2.83. The molecule has 0 amide bonds. The fraction of sp³-hybridized carbons (Fsp3) is 0.0588. The quantitative estimate of drug-likeness (QED) is 0.656. The Kier molecular flexibility index (Phi) is 3.42. The Morgan fingerprint density at radius 3 is 2.50 bits per heavy atom. The standard InChI is InChI=1S/C17H14N2O/c1-13-7-9-14(10-8-13)12-18-17-11-16(19-20-17)15-5-3-2-4-6-15/h2-12H,1H3. The first-order chi connectivity index (χ1) is 9.81. The lowest BCUT2D eigenvalue weighted by Gasteiger charge is -1.92. The first-order valence-corrected chi connectivity index (χ1v) is 6.44. The molecule has 0 fully saturated rings. The summed E-state index contributed by atoms with van der Waals surface area (Å²) in [6.45, 7) is 2.06. The summed E-state index contributed by atoms with van der Waals surface area (Å²) in [7, 11) is 0. The van der Waals surface area contributed by atoms with Gasteiger partial charge in [-0.05, 0) is 12.5 Å².